The molecule has 2 aromatic rings. The van der Waals surface area contributed by atoms with Gasteiger partial charge in [0.05, 0.1) is 13.2 Å². The van der Waals surface area contributed by atoms with E-state index in [9.17, 15) is 4.79 Å². The maximum atomic E-state index is 11.3. The van der Waals surface area contributed by atoms with Crippen LogP contribution in [0.4, 0.5) is 17.2 Å². The first kappa shape index (κ1) is 30.9. The van der Waals surface area contributed by atoms with Crippen molar-refractivity contribution in [2.75, 3.05) is 82.8 Å². The number of pyridine rings is 2. The molecule has 0 spiro atoms. The number of anilines is 3. The van der Waals surface area contributed by atoms with E-state index < -0.39 is 0 Å². The number of carbonyl (C=O) groups is 1. The van der Waals surface area contributed by atoms with Gasteiger partial charge in [0.15, 0.2) is 0 Å². The van der Waals surface area contributed by atoms with Crippen LogP contribution in [-0.2, 0) is 16.0 Å². The normalized spacial score (nSPS) is 18.6. The number of rotatable bonds is 8. The molecule has 41 heavy (non-hydrogen) atoms. The van der Waals surface area contributed by atoms with E-state index in [0.29, 0.717) is 6.04 Å². The number of likely N-dealkylation sites (tertiary alicyclic amines) is 1. The molecule has 0 radical (unpaired) electrons. The number of ether oxygens (including phenoxy) is 1. The van der Waals surface area contributed by atoms with Crippen molar-refractivity contribution in [3.05, 3.63) is 54.0 Å². The summed E-state index contributed by atoms with van der Waals surface area (Å²) >= 11 is 0. The first-order valence-corrected chi connectivity index (χ1v) is 15.2. The van der Waals surface area contributed by atoms with Gasteiger partial charge in [0, 0.05) is 80.3 Å². The fraction of sp³-hybridized carbons (Fsp3) is 0.594. The molecule has 5 rings (SSSR count). The van der Waals surface area contributed by atoms with Gasteiger partial charge in [-0.25, -0.2) is 4.98 Å². The number of hydrogen-bond donors (Lipinski definition) is 1. The predicted octanol–water partition coefficient (Wildman–Crippen LogP) is 4.04. The van der Waals surface area contributed by atoms with Crippen LogP contribution in [0.25, 0.3) is 0 Å². The zero-order valence-corrected chi connectivity index (χ0v) is 25.6. The molecule has 0 atom stereocenters. The second kappa shape index (κ2) is 15.3. The summed E-state index contributed by atoms with van der Waals surface area (Å²) in [5.41, 5.74) is 5.89. The third-order valence-electron chi connectivity index (χ3n) is 8.49. The Labute approximate surface area is 246 Å². The fourth-order valence-electron chi connectivity index (χ4n) is 5.62. The maximum Gasteiger partial charge on any atom is 0.246 e. The summed E-state index contributed by atoms with van der Waals surface area (Å²) in [6.07, 6.45) is 9.77. The number of nitrogens with zero attached hydrogens (tertiary/aromatic N) is 6. The topological polar surface area (TPSA) is 77.1 Å². The molecule has 0 aromatic carbocycles. The number of amides is 1. The molecular weight excluding hydrogens is 514 g/mol. The second-order valence-electron chi connectivity index (χ2n) is 11.3. The van der Waals surface area contributed by atoms with Crippen molar-refractivity contribution < 1.29 is 9.53 Å². The standard InChI is InChI=1S/C20H28N4O.C12H21N3O/c1-4-5-6-17-19(24-11-13-25-14-12-24)8-10-22-20(17)23-18-7-9-21-16(3)15(18)2;1-3-12(16)15-9-11(10-15)14-6-4-5-13(2)7-8-14/h7-10H,4-6,11-14H2,1-3H3,(H,21,22,23);3,11H,1,4-10H2,2H3. The summed E-state index contributed by atoms with van der Waals surface area (Å²) < 4.78 is 5.52. The predicted molar refractivity (Wildman–Crippen MR) is 167 cm³/mol. The Morgan fingerprint density at radius 3 is 2.56 bits per heavy atom. The van der Waals surface area contributed by atoms with Crippen LogP contribution >= 0.6 is 0 Å². The van der Waals surface area contributed by atoms with Gasteiger partial charge in [0.1, 0.15) is 5.82 Å². The lowest BCUT2D eigenvalue weighted by molar-refractivity contribution is -0.133. The van der Waals surface area contributed by atoms with E-state index >= 15 is 0 Å². The zero-order chi connectivity index (χ0) is 29.2. The van der Waals surface area contributed by atoms with E-state index in [0.717, 1.165) is 82.5 Å². The van der Waals surface area contributed by atoms with E-state index in [1.54, 1.807) is 0 Å². The van der Waals surface area contributed by atoms with Crippen LogP contribution in [0, 0.1) is 13.8 Å². The van der Waals surface area contributed by atoms with Crippen molar-refractivity contribution in [3.63, 3.8) is 0 Å². The summed E-state index contributed by atoms with van der Waals surface area (Å²) in [5.74, 6) is 1.04. The van der Waals surface area contributed by atoms with E-state index in [-0.39, 0.29) is 5.91 Å². The quantitative estimate of drug-likeness (QED) is 0.483. The molecule has 3 aliphatic rings. The highest BCUT2D eigenvalue weighted by Crippen LogP contribution is 2.31. The number of aromatic nitrogens is 2. The van der Waals surface area contributed by atoms with Gasteiger partial charge in [0.2, 0.25) is 5.91 Å². The first-order valence-electron chi connectivity index (χ1n) is 15.2. The molecule has 0 aliphatic carbocycles. The van der Waals surface area contributed by atoms with Crippen molar-refractivity contribution in [1.29, 1.82) is 0 Å². The number of nitrogens with one attached hydrogen (secondary N) is 1. The van der Waals surface area contributed by atoms with E-state index in [2.05, 4.69) is 63.5 Å². The van der Waals surface area contributed by atoms with E-state index in [4.69, 9.17) is 4.74 Å². The third-order valence-corrected chi connectivity index (χ3v) is 8.49. The molecule has 5 heterocycles. The van der Waals surface area contributed by atoms with Gasteiger partial charge in [-0.1, -0.05) is 19.9 Å². The van der Waals surface area contributed by atoms with Crippen LogP contribution < -0.4 is 10.2 Å². The number of likely N-dealkylation sites (N-methyl/N-ethyl adjacent to an activating group) is 1. The summed E-state index contributed by atoms with van der Waals surface area (Å²) in [4.78, 5) is 29.5. The van der Waals surface area contributed by atoms with Crippen LogP contribution in [0.2, 0.25) is 0 Å². The molecule has 2 aromatic heterocycles. The Kier molecular flexibility index (Phi) is 11.5. The minimum absolute atomic E-state index is 0.0724. The third kappa shape index (κ3) is 8.27. The minimum atomic E-state index is 0.0724. The molecule has 0 unspecified atom stereocenters. The Hall–Kier alpha value is -3.01. The van der Waals surface area contributed by atoms with Crippen LogP contribution in [0.15, 0.2) is 37.2 Å². The number of aryl methyl sites for hydroxylation is 1. The van der Waals surface area contributed by atoms with Crippen LogP contribution in [-0.4, -0.2) is 109 Å². The molecule has 3 fully saturated rings. The Bertz CT molecular complexity index is 1140. The molecule has 1 amide bonds. The van der Waals surface area contributed by atoms with Crippen molar-refractivity contribution in [2.45, 2.75) is 52.5 Å². The van der Waals surface area contributed by atoms with Gasteiger partial charge in [-0.05, 0) is 77.0 Å². The molecule has 3 aliphatic heterocycles. The summed E-state index contributed by atoms with van der Waals surface area (Å²) in [7, 11) is 2.18. The molecule has 1 N–H and O–H groups in total. The van der Waals surface area contributed by atoms with Gasteiger partial charge in [-0.2, -0.15) is 0 Å². The Balaban J connectivity index is 0.000000208. The monoisotopic (exact) mass is 563 g/mol. The lowest BCUT2D eigenvalue weighted by Crippen LogP contribution is -2.61. The molecule has 3 saturated heterocycles. The van der Waals surface area contributed by atoms with Gasteiger partial charge in [0.25, 0.3) is 0 Å². The van der Waals surface area contributed by atoms with Crippen LogP contribution in [0.3, 0.4) is 0 Å². The number of hydrogen-bond acceptors (Lipinski definition) is 8. The molecule has 9 nitrogen and oxygen atoms in total. The number of morpholine rings is 1. The Morgan fingerprint density at radius 2 is 1.83 bits per heavy atom. The summed E-state index contributed by atoms with van der Waals surface area (Å²) in [6.45, 7) is 19.8. The van der Waals surface area contributed by atoms with Crippen molar-refractivity contribution in [3.8, 4) is 0 Å². The smallest absolute Gasteiger partial charge is 0.246 e. The maximum absolute atomic E-state index is 11.3. The van der Waals surface area contributed by atoms with Crippen LogP contribution in [0.1, 0.15) is 43.0 Å². The largest absolute Gasteiger partial charge is 0.378 e. The van der Waals surface area contributed by atoms with E-state index in [1.807, 2.05) is 30.3 Å². The molecule has 224 valence electrons. The van der Waals surface area contributed by atoms with Gasteiger partial charge in [-0.15, -0.1) is 0 Å². The lowest BCUT2D eigenvalue weighted by Gasteiger charge is -2.44. The average molecular weight is 564 g/mol. The Morgan fingerprint density at radius 1 is 1.07 bits per heavy atom. The highest BCUT2D eigenvalue weighted by molar-refractivity contribution is 5.87. The molecule has 0 saturated carbocycles. The fourth-order valence-corrected chi connectivity index (χ4v) is 5.62. The minimum Gasteiger partial charge on any atom is -0.378 e. The second-order valence-corrected chi connectivity index (χ2v) is 11.3. The van der Waals surface area contributed by atoms with E-state index in [1.165, 1.54) is 48.8 Å². The van der Waals surface area contributed by atoms with Crippen LogP contribution in [0.5, 0.6) is 0 Å². The van der Waals surface area contributed by atoms with Crippen molar-refractivity contribution in [1.82, 2.24) is 24.7 Å². The molecule has 9 heteroatoms. The highest BCUT2D eigenvalue weighted by Gasteiger charge is 2.34. The lowest BCUT2D eigenvalue weighted by atomic mass is 10.1. The summed E-state index contributed by atoms with van der Waals surface area (Å²) in [6, 6.07) is 4.75. The molecule has 0 bridgehead atoms. The van der Waals surface area contributed by atoms with Gasteiger partial charge in [-0.3, -0.25) is 14.7 Å². The highest BCUT2D eigenvalue weighted by atomic mass is 16.5. The molecular formula is C32H49N7O2. The zero-order valence-electron chi connectivity index (χ0n) is 25.6. The summed E-state index contributed by atoms with van der Waals surface area (Å²) in [5, 5.41) is 3.56. The number of unbranched alkanes of at least 4 members (excludes halogenated alkanes) is 1. The van der Waals surface area contributed by atoms with Gasteiger partial charge < -0.3 is 24.8 Å². The van der Waals surface area contributed by atoms with Crippen molar-refractivity contribution in [2.24, 2.45) is 0 Å². The average Bonchev–Trinajstić information content (AvgIpc) is 3.18. The first-order chi connectivity index (χ1) is 19.9. The SMILES string of the molecule is C=CC(=O)N1CC(N2CCCN(C)CC2)C1.CCCCc1c(N2CCOCC2)ccnc1Nc1ccnc(C)c1C. The number of carbonyl (C=O) groups excluding carboxylic acids is 1. The van der Waals surface area contributed by atoms with Crippen molar-refractivity contribution >= 4 is 23.1 Å². The van der Waals surface area contributed by atoms with Gasteiger partial charge >= 0.3 is 0 Å².